The van der Waals surface area contributed by atoms with Crippen molar-refractivity contribution >= 4 is 33.9 Å². The molecule has 194 valence electrons. The Morgan fingerprint density at radius 3 is 2.40 bits per heavy atom. The van der Waals surface area contributed by atoms with Crippen molar-refractivity contribution in [1.29, 1.82) is 0 Å². The zero-order chi connectivity index (χ0) is 25.2. The van der Waals surface area contributed by atoms with Gasteiger partial charge in [-0.25, -0.2) is 4.79 Å². The number of fused-ring (bicyclic) bond motifs is 2. The second-order valence-corrected chi connectivity index (χ2v) is 11.2. The first-order valence-electron chi connectivity index (χ1n) is 11.6. The van der Waals surface area contributed by atoms with Crippen LogP contribution in [0.25, 0.3) is 0 Å². The van der Waals surface area contributed by atoms with E-state index in [1.807, 2.05) is 0 Å². The van der Waals surface area contributed by atoms with Crippen LogP contribution >= 0.6 is 11.6 Å². The van der Waals surface area contributed by atoms with Crippen LogP contribution in [0, 0.1) is 0 Å². The average molecular weight is 532 g/mol. The van der Waals surface area contributed by atoms with Gasteiger partial charge in [0.2, 0.25) is 0 Å². The highest BCUT2D eigenvalue weighted by Gasteiger charge is 2.56. The number of amides is 1. The van der Waals surface area contributed by atoms with Crippen molar-refractivity contribution < 1.29 is 37.3 Å². The van der Waals surface area contributed by atoms with Crippen molar-refractivity contribution in [1.82, 2.24) is 13.5 Å². The summed E-state index contributed by atoms with van der Waals surface area (Å²) in [5, 5.41) is 10.6. The van der Waals surface area contributed by atoms with Gasteiger partial charge in [0.1, 0.15) is 24.5 Å². The summed E-state index contributed by atoms with van der Waals surface area (Å²) in [4.78, 5) is 26.3. The normalized spacial score (nSPS) is 26.0. The number of carbonyl (C=O) groups is 2. The number of ether oxygens (including phenoxy) is 3. The van der Waals surface area contributed by atoms with Crippen LogP contribution in [0.4, 0.5) is 4.79 Å². The molecule has 35 heavy (non-hydrogen) atoms. The van der Waals surface area contributed by atoms with Gasteiger partial charge in [-0.1, -0.05) is 11.6 Å². The fourth-order valence-electron chi connectivity index (χ4n) is 5.05. The monoisotopic (exact) mass is 531 g/mol. The van der Waals surface area contributed by atoms with Crippen LogP contribution in [-0.4, -0.2) is 103 Å². The molecule has 1 N–H and O–H groups in total. The van der Waals surface area contributed by atoms with Crippen molar-refractivity contribution in [3.05, 3.63) is 29.3 Å². The van der Waals surface area contributed by atoms with Crippen LogP contribution in [0.5, 0.6) is 5.75 Å². The third kappa shape index (κ3) is 5.51. The molecule has 4 rings (SSSR count). The summed E-state index contributed by atoms with van der Waals surface area (Å²) < 4.78 is 45.5. The summed E-state index contributed by atoms with van der Waals surface area (Å²) >= 11 is 5.90. The highest BCUT2D eigenvalue weighted by molar-refractivity contribution is 7.86. The van der Waals surface area contributed by atoms with E-state index in [-0.39, 0.29) is 39.0 Å². The highest BCUT2D eigenvalue weighted by atomic mass is 35.5. The maximum absolute atomic E-state index is 13.5. The summed E-state index contributed by atoms with van der Waals surface area (Å²) in [6, 6.07) is 4.37. The molecule has 3 aliphatic heterocycles. The van der Waals surface area contributed by atoms with Gasteiger partial charge in [-0.2, -0.15) is 17.0 Å². The van der Waals surface area contributed by atoms with Gasteiger partial charge in [0.25, 0.3) is 10.2 Å². The molecule has 13 heteroatoms. The SMILES string of the molecule is COCCOC(=O)N1C2CC[C@@H]1CN(S(=O)(=O)N1CCC(Oc3ccc(Cl)cc3)CC1)[C@H]2C(=O)O. The molecule has 11 nitrogen and oxygen atoms in total. The summed E-state index contributed by atoms with van der Waals surface area (Å²) in [5.41, 5.74) is 0. The molecule has 0 radical (unpaired) electrons. The standard InChI is InChI=1S/C22H30ClN3O8S/c1-32-12-13-33-22(29)26-16-4-7-19(26)20(21(27)28)25(14-16)35(30,31)24-10-8-18(9-11-24)34-17-5-2-15(23)3-6-17/h2-3,5-6,16,18-20H,4,7-14H2,1H3,(H,27,28)/t16-,19?,20-/m1/s1. The molecule has 0 saturated carbocycles. The first-order valence-corrected chi connectivity index (χ1v) is 13.4. The molecule has 3 aliphatic rings. The Hall–Kier alpha value is -2.12. The van der Waals surface area contributed by atoms with Crippen molar-refractivity contribution in [3.8, 4) is 5.75 Å². The quantitative estimate of drug-likeness (QED) is 0.503. The molecule has 0 aliphatic carbocycles. The second kappa shape index (κ2) is 10.9. The number of piperidine rings is 1. The minimum absolute atomic E-state index is 0.0397. The van der Waals surface area contributed by atoms with Gasteiger partial charge in [-0.05, 0) is 49.9 Å². The Labute approximate surface area is 209 Å². The van der Waals surface area contributed by atoms with Crippen molar-refractivity contribution in [2.75, 3.05) is 40.0 Å². The largest absolute Gasteiger partial charge is 0.490 e. The van der Waals surface area contributed by atoms with E-state index < -0.39 is 40.4 Å². The van der Waals surface area contributed by atoms with E-state index in [2.05, 4.69) is 0 Å². The summed E-state index contributed by atoms with van der Waals surface area (Å²) in [5.74, 6) is -0.624. The van der Waals surface area contributed by atoms with Gasteiger partial charge in [0.15, 0.2) is 0 Å². The number of piperazine rings is 1. The Balaban J connectivity index is 1.43. The van der Waals surface area contributed by atoms with E-state index in [0.717, 1.165) is 4.31 Å². The lowest BCUT2D eigenvalue weighted by atomic mass is 10.1. The third-order valence-electron chi connectivity index (χ3n) is 6.73. The highest BCUT2D eigenvalue weighted by Crippen LogP contribution is 2.37. The maximum atomic E-state index is 13.5. The molecule has 1 unspecified atom stereocenters. The van der Waals surface area contributed by atoms with Crippen LogP contribution in [0.2, 0.25) is 5.02 Å². The lowest BCUT2D eigenvalue weighted by molar-refractivity contribution is -0.145. The van der Waals surface area contributed by atoms with Crippen LogP contribution in [-0.2, 0) is 24.5 Å². The fourth-order valence-corrected chi connectivity index (χ4v) is 7.02. The number of carboxylic acid groups (broad SMARTS) is 1. The smallest absolute Gasteiger partial charge is 0.410 e. The minimum atomic E-state index is -4.06. The summed E-state index contributed by atoms with van der Waals surface area (Å²) in [7, 11) is -2.58. The Morgan fingerprint density at radius 2 is 1.77 bits per heavy atom. The van der Waals surface area contributed by atoms with Gasteiger partial charge in [0.05, 0.1) is 12.6 Å². The van der Waals surface area contributed by atoms with Gasteiger partial charge in [-0.15, -0.1) is 0 Å². The van der Waals surface area contributed by atoms with Crippen LogP contribution in [0.3, 0.4) is 0 Å². The van der Waals surface area contributed by atoms with E-state index in [4.69, 9.17) is 25.8 Å². The number of hydrogen-bond donors (Lipinski definition) is 1. The van der Waals surface area contributed by atoms with Crippen molar-refractivity contribution in [3.63, 3.8) is 0 Å². The fraction of sp³-hybridized carbons (Fsp3) is 0.636. The number of nitrogens with zero attached hydrogens (tertiary/aromatic N) is 3. The predicted octanol–water partition coefficient (Wildman–Crippen LogP) is 1.81. The van der Waals surface area contributed by atoms with Gasteiger partial charge in [-0.3, -0.25) is 9.69 Å². The zero-order valence-electron chi connectivity index (χ0n) is 19.4. The molecule has 3 heterocycles. The Bertz CT molecular complexity index is 1020. The molecule has 2 bridgehead atoms. The topological polar surface area (TPSA) is 126 Å². The summed E-state index contributed by atoms with van der Waals surface area (Å²) in [6.45, 7) is 0.590. The molecular formula is C22H30ClN3O8S. The van der Waals surface area contributed by atoms with E-state index in [9.17, 15) is 23.1 Å². The molecule has 1 aromatic rings. The molecular weight excluding hydrogens is 502 g/mol. The summed E-state index contributed by atoms with van der Waals surface area (Å²) in [6.07, 6.45) is 1.04. The van der Waals surface area contributed by atoms with Crippen molar-refractivity contribution in [2.24, 2.45) is 0 Å². The number of halogens is 1. The Morgan fingerprint density at radius 1 is 1.09 bits per heavy atom. The predicted molar refractivity (Wildman–Crippen MR) is 126 cm³/mol. The maximum Gasteiger partial charge on any atom is 0.410 e. The molecule has 0 spiro atoms. The third-order valence-corrected chi connectivity index (χ3v) is 8.97. The average Bonchev–Trinajstić information content (AvgIpc) is 3.13. The van der Waals surface area contributed by atoms with Crippen LogP contribution < -0.4 is 4.74 Å². The first-order chi connectivity index (χ1) is 16.7. The molecule has 1 amide bonds. The molecule has 3 atom stereocenters. The number of carbonyl (C=O) groups excluding carboxylic acids is 1. The number of benzene rings is 1. The van der Waals surface area contributed by atoms with E-state index in [1.54, 1.807) is 24.3 Å². The molecule has 3 fully saturated rings. The van der Waals surface area contributed by atoms with E-state index in [1.165, 1.54) is 16.3 Å². The molecule has 1 aromatic carbocycles. The first kappa shape index (κ1) is 26.0. The number of carboxylic acids is 1. The van der Waals surface area contributed by atoms with Crippen LogP contribution in [0.1, 0.15) is 25.7 Å². The minimum Gasteiger partial charge on any atom is -0.490 e. The number of aliphatic carboxylic acids is 1. The Kier molecular flexibility index (Phi) is 8.06. The van der Waals surface area contributed by atoms with E-state index in [0.29, 0.717) is 36.5 Å². The lowest BCUT2D eigenvalue weighted by Crippen LogP contribution is -2.67. The zero-order valence-corrected chi connectivity index (χ0v) is 21.0. The van der Waals surface area contributed by atoms with Crippen LogP contribution in [0.15, 0.2) is 24.3 Å². The van der Waals surface area contributed by atoms with Gasteiger partial charge >= 0.3 is 12.1 Å². The van der Waals surface area contributed by atoms with E-state index >= 15 is 0 Å². The number of methoxy groups -OCH3 is 1. The molecule has 0 aromatic heterocycles. The molecule has 3 saturated heterocycles. The lowest BCUT2D eigenvalue weighted by Gasteiger charge is -2.45. The second-order valence-electron chi connectivity index (χ2n) is 8.84. The van der Waals surface area contributed by atoms with Gasteiger partial charge < -0.3 is 19.3 Å². The van der Waals surface area contributed by atoms with Gasteiger partial charge in [0, 0.05) is 37.8 Å². The number of rotatable bonds is 8. The van der Waals surface area contributed by atoms with Crippen molar-refractivity contribution in [2.45, 2.75) is 49.9 Å². The number of hydrogen-bond acceptors (Lipinski definition) is 7.